The molecule has 0 amide bonds. The Morgan fingerprint density at radius 3 is 2.38 bits per heavy atom. The Hall–Kier alpha value is -4.95. The Kier molecular flexibility index (Phi) is 12.1. The molecule has 1 saturated heterocycles. The number of aromatic nitrogens is 3. The van der Waals surface area contributed by atoms with Gasteiger partial charge in [-0.3, -0.25) is 14.6 Å². The number of carboxylic acid groups (broad SMARTS) is 2. The van der Waals surface area contributed by atoms with Crippen LogP contribution >= 0.6 is 0 Å². The number of sulfonamides is 1. The average Bonchev–Trinajstić information content (AvgIpc) is 3.41. The Bertz CT molecular complexity index is 1990. The number of pyridine rings is 1. The standard InChI is InChI=1S/C34H43N7O11S/c1-4-17-51-26-11-10-23(53(49,50)39-15-13-38(6-3)14-16-39)18-24(26)31-36-29-25(5-2)40(21-22-9-7-8-12-35-22)41(30(29)32(45)37-31)52-28(44)20-34(48,33(46)47)19-27(42)43/h7-12,18,25,48H,4-6,13-17,19-21H2,1-3H3,(H,42,43)(H,46,47)(H,36,37,45). The molecule has 1 aromatic carbocycles. The molecule has 18 nitrogen and oxygen atoms in total. The largest absolute Gasteiger partial charge is 0.493 e. The number of aromatic amines is 1. The van der Waals surface area contributed by atoms with Crippen LogP contribution in [0.5, 0.6) is 5.75 Å². The van der Waals surface area contributed by atoms with Crippen LogP contribution in [0.2, 0.25) is 0 Å². The fourth-order valence-electron chi connectivity index (χ4n) is 6.22. The first-order valence-electron chi connectivity index (χ1n) is 17.2. The first-order chi connectivity index (χ1) is 25.2. The fraction of sp³-hybridized carbons (Fsp3) is 0.471. The van der Waals surface area contributed by atoms with E-state index in [1.54, 1.807) is 31.3 Å². The van der Waals surface area contributed by atoms with E-state index in [0.717, 1.165) is 11.7 Å². The molecule has 0 saturated carbocycles. The lowest BCUT2D eigenvalue weighted by atomic mass is 9.96. The molecule has 2 unspecified atom stereocenters. The molecule has 2 atom stereocenters. The minimum atomic E-state index is -3.94. The monoisotopic (exact) mass is 757 g/mol. The van der Waals surface area contributed by atoms with Crippen molar-refractivity contribution in [2.24, 2.45) is 0 Å². The highest BCUT2D eigenvalue weighted by Gasteiger charge is 2.46. The Morgan fingerprint density at radius 1 is 1.04 bits per heavy atom. The van der Waals surface area contributed by atoms with E-state index in [2.05, 4.69) is 14.9 Å². The summed E-state index contributed by atoms with van der Waals surface area (Å²) in [5, 5.41) is 31.5. The number of hydrogen-bond acceptors (Lipinski definition) is 14. The first-order valence-corrected chi connectivity index (χ1v) is 18.6. The maximum Gasteiger partial charge on any atom is 0.337 e. The van der Waals surface area contributed by atoms with E-state index in [1.807, 2.05) is 13.8 Å². The van der Waals surface area contributed by atoms with Crippen molar-refractivity contribution >= 4 is 33.6 Å². The summed E-state index contributed by atoms with van der Waals surface area (Å²) in [6.45, 7) is 8.58. The van der Waals surface area contributed by atoms with Crippen molar-refractivity contribution < 1.29 is 47.7 Å². The summed E-state index contributed by atoms with van der Waals surface area (Å²) < 4.78 is 35.0. The molecule has 4 heterocycles. The van der Waals surface area contributed by atoms with Gasteiger partial charge in [-0.15, -0.1) is 5.17 Å². The molecule has 19 heteroatoms. The molecule has 2 aliphatic heterocycles. The van der Waals surface area contributed by atoms with Gasteiger partial charge in [-0.2, -0.15) is 9.31 Å². The molecule has 0 radical (unpaired) electrons. The average molecular weight is 758 g/mol. The molecule has 2 aromatic heterocycles. The van der Waals surface area contributed by atoms with Crippen LogP contribution < -0.4 is 15.5 Å². The highest BCUT2D eigenvalue weighted by atomic mass is 32.2. The number of aliphatic hydroxyl groups is 1. The van der Waals surface area contributed by atoms with Crippen LogP contribution in [0, 0.1) is 0 Å². The highest BCUT2D eigenvalue weighted by Crippen LogP contribution is 2.41. The quantitative estimate of drug-likeness (QED) is 0.163. The summed E-state index contributed by atoms with van der Waals surface area (Å²) in [5.74, 6) is -4.70. The summed E-state index contributed by atoms with van der Waals surface area (Å²) >= 11 is 0. The van der Waals surface area contributed by atoms with Gasteiger partial charge in [0.2, 0.25) is 10.0 Å². The number of nitrogens with zero attached hydrogens (tertiary/aromatic N) is 6. The number of carboxylic acids is 2. The highest BCUT2D eigenvalue weighted by molar-refractivity contribution is 7.89. The molecular formula is C34H43N7O11S. The van der Waals surface area contributed by atoms with Crippen molar-refractivity contribution in [1.29, 1.82) is 0 Å². The molecule has 2 aliphatic rings. The van der Waals surface area contributed by atoms with Crippen molar-refractivity contribution in [3.8, 4) is 17.1 Å². The summed E-state index contributed by atoms with van der Waals surface area (Å²) in [4.78, 5) is 69.8. The molecular weight excluding hydrogens is 714 g/mol. The van der Waals surface area contributed by atoms with E-state index in [-0.39, 0.29) is 46.6 Å². The van der Waals surface area contributed by atoms with Crippen molar-refractivity contribution in [1.82, 2.24) is 29.2 Å². The van der Waals surface area contributed by atoms with Crippen LogP contribution in [0.3, 0.4) is 0 Å². The fourth-order valence-corrected chi connectivity index (χ4v) is 7.67. The minimum absolute atomic E-state index is 0.0150. The van der Waals surface area contributed by atoms with E-state index < -0.39 is 58.0 Å². The molecule has 0 aliphatic carbocycles. The van der Waals surface area contributed by atoms with E-state index in [0.29, 0.717) is 44.7 Å². The second-order valence-electron chi connectivity index (χ2n) is 12.7. The topological polar surface area (TPSA) is 236 Å². The normalized spacial score (nSPS) is 18.0. The Morgan fingerprint density at radius 2 is 1.77 bits per heavy atom. The maximum atomic E-state index is 14.0. The van der Waals surface area contributed by atoms with Gasteiger partial charge in [0, 0.05) is 32.4 Å². The lowest BCUT2D eigenvalue weighted by Crippen LogP contribution is -2.48. The predicted molar refractivity (Wildman–Crippen MR) is 188 cm³/mol. The number of benzene rings is 1. The van der Waals surface area contributed by atoms with Gasteiger partial charge in [0.1, 0.15) is 11.6 Å². The number of anilines is 1. The summed E-state index contributed by atoms with van der Waals surface area (Å²) in [6.07, 6.45) is -0.0644. The SMILES string of the molecule is CCCOc1ccc(S(=O)(=O)N2CCN(CC)CC2)cc1-c1nc2c(c(=O)[nH]1)N(OC(=O)CC(O)(CC(=O)O)C(=O)O)N(Cc1ccccn1)C2CC. The van der Waals surface area contributed by atoms with Crippen molar-refractivity contribution in [2.45, 2.75) is 69.5 Å². The van der Waals surface area contributed by atoms with Gasteiger partial charge < -0.3 is 34.8 Å². The molecule has 286 valence electrons. The third kappa shape index (κ3) is 8.49. The van der Waals surface area contributed by atoms with Crippen molar-refractivity contribution in [2.75, 3.05) is 44.5 Å². The Balaban J connectivity index is 1.59. The van der Waals surface area contributed by atoms with Crippen LogP contribution in [0.25, 0.3) is 11.4 Å². The second-order valence-corrected chi connectivity index (χ2v) is 14.6. The van der Waals surface area contributed by atoms with E-state index in [4.69, 9.17) is 19.7 Å². The van der Waals surface area contributed by atoms with Crippen LogP contribution in [0.15, 0.2) is 52.3 Å². The zero-order valence-electron chi connectivity index (χ0n) is 29.6. The summed E-state index contributed by atoms with van der Waals surface area (Å²) in [7, 11) is -3.94. The van der Waals surface area contributed by atoms with Gasteiger partial charge in [-0.05, 0) is 49.7 Å². The zero-order chi connectivity index (χ0) is 38.5. The number of H-pyrrole nitrogens is 1. The van der Waals surface area contributed by atoms with Crippen molar-refractivity contribution in [3.05, 3.63) is 64.3 Å². The number of rotatable bonds is 16. The van der Waals surface area contributed by atoms with Gasteiger partial charge in [0.15, 0.2) is 11.3 Å². The number of nitrogens with one attached hydrogen (secondary N) is 1. The van der Waals surface area contributed by atoms with Crippen LogP contribution in [0.4, 0.5) is 5.69 Å². The van der Waals surface area contributed by atoms with Crippen LogP contribution in [0.1, 0.15) is 63.9 Å². The first kappa shape index (κ1) is 39.3. The van der Waals surface area contributed by atoms with Gasteiger partial charge in [-0.25, -0.2) is 23.0 Å². The number of likely N-dealkylation sites (N-methyl/N-ethyl adjacent to an activating group) is 1. The van der Waals surface area contributed by atoms with Crippen LogP contribution in [-0.2, 0) is 35.8 Å². The van der Waals surface area contributed by atoms with E-state index in [9.17, 15) is 37.8 Å². The smallest absolute Gasteiger partial charge is 0.337 e. The number of aliphatic carboxylic acids is 2. The predicted octanol–water partition coefficient (Wildman–Crippen LogP) is 1.77. The molecule has 0 bridgehead atoms. The van der Waals surface area contributed by atoms with Crippen molar-refractivity contribution in [3.63, 3.8) is 0 Å². The minimum Gasteiger partial charge on any atom is -0.493 e. The summed E-state index contributed by atoms with van der Waals surface area (Å²) in [6, 6.07) is 8.77. The molecule has 3 aromatic rings. The molecule has 1 fully saturated rings. The number of carbonyl (C=O) groups is 3. The van der Waals surface area contributed by atoms with Gasteiger partial charge in [0.05, 0.1) is 53.9 Å². The number of carbonyl (C=O) groups excluding carboxylic acids is 1. The molecule has 53 heavy (non-hydrogen) atoms. The number of ether oxygens (including phenoxy) is 1. The van der Waals surface area contributed by atoms with Gasteiger partial charge in [-0.1, -0.05) is 26.8 Å². The van der Waals surface area contributed by atoms with Crippen LogP contribution in [-0.4, -0.2) is 116 Å². The maximum absolute atomic E-state index is 14.0. The number of fused-ring (bicyclic) bond motifs is 1. The summed E-state index contributed by atoms with van der Waals surface area (Å²) in [5.41, 5.74) is -3.20. The lowest BCUT2D eigenvalue weighted by molar-refractivity contribution is -0.174. The molecule has 0 spiro atoms. The second kappa shape index (κ2) is 16.4. The number of hydrazine groups is 1. The zero-order valence-corrected chi connectivity index (χ0v) is 30.4. The number of hydrogen-bond donors (Lipinski definition) is 4. The van der Waals surface area contributed by atoms with Gasteiger partial charge in [0.25, 0.3) is 5.56 Å². The third-order valence-electron chi connectivity index (χ3n) is 9.01. The molecule has 4 N–H and O–H groups in total. The van der Waals surface area contributed by atoms with E-state index in [1.165, 1.54) is 27.5 Å². The third-order valence-corrected chi connectivity index (χ3v) is 10.9. The van der Waals surface area contributed by atoms with Gasteiger partial charge >= 0.3 is 17.9 Å². The lowest BCUT2D eigenvalue weighted by Gasteiger charge is -2.33. The number of piperazine rings is 1. The van der Waals surface area contributed by atoms with E-state index >= 15 is 0 Å². The Labute approximate surface area is 305 Å². The molecule has 5 rings (SSSR count).